The van der Waals surface area contributed by atoms with Crippen LogP contribution in [0.2, 0.25) is 0 Å². The molecule has 0 fully saturated rings. The van der Waals surface area contributed by atoms with E-state index in [-0.39, 0.29) is 5.41 Å². The van der Waals surface area contributed by atoms with E-state index in [1.165, 1.54) is 53.6 Å². The molecule has 3 heteroatoms. The zero-order valence-corrected chi connectivity index (χ0v) is 28.9. The van der Waals surface area contributed by atoms with Crippen molar-refractivity contribution < 1.29 is 0 Å². The van der Waals surface area contributed by atoms with E-state index in [4.69, 9.17) is 9.97 Å². The number of benzene rings is 7. The minimum absolute atomic E-state index is 0.274. The van der Waals surface area contributed by atoms with E-state index >= 15 is 0 Å². The van der Waals surface area contributed by atoms with Gasteiger partial charge < -0.3 is 0 Å². The average Bonchev–Trinajstić information content (AvgIpc) is 3.72. The fraction of sp³-hybridized carbons (Fsp3) is 0.0417. The lowest BCUT2D eigenvalue weighted by molar-refractivity contribution is 0.714. The highest BCUT2D eigenvalue weighted by atomic mass is 32.1. The van der Waals surface area contributed by atoms with Crippen molar-refractivity contribution >= 4 is 31.5 Å². The van der Waals surface area contributed by atoms with Gasteiger partial charge in [0.2, 0.25) is 0 Å². The first-order valence-corrected chi connectivity index (χ1v) is 18.2. The summed E-state index contributed by atoms with van der Waals surface area (Å²) in [4.78, 5) is 10.6. The van der Waals surface area contributed by atoms with Crippen LogP contribution in [0, 0.1) is 0 Å². The lowest BCUT2D eigenvalue weighted by atomic mass is 9.74. The third-order valence-electron chi connectivity index (χ3n) is 10.6. The molecule has 0 saturated heterocycles. The van der Waals surface area contributed by atoms with Crippen molar-refractivity contribution in [3.8, 4) is 56.2 Å². The molecule has 2 heterocycles. The zero-order valence-electron chi connectivity index (χ0n) is 28.0. The van der Waals surface area contributed by atoms with Gasteiger partial charge in [0.05, 0.1) is 11.4 Å². The molecule has 0 saturated carbocycles. The number of hydrogen-bond acceptors (Lipinski definition) is 3. The third-order valence-corrected chi connectivity index (χ3v) is 11.8. The highest BCUT2D eigenvalue weighted by Crippen LogP contribution is 2.55. The predicted molar refractivity (Wildman–Crippen MR) is 214 cm³/mol. The van der Waals surface area contributed by atoms with Gasteiger partial charge in [-0.15, -0.1) is 11.3 Å². The fourth-order valence-electron chi connectivity index (χ4n) is 8.18. The summed E-state index contributed by atoms with van der Waals surface area (Å²) < 4.78 is 2.52. The Kier molecular flexibility index (Phi) is 6.83. The summed E-state index contributed by atoms with van der Waals surface area (Å²) in [6.45, 7) is 2.38. The Bertz CT molecular complexity index is 2760. The van der Waals surface area contributed by atoms with Crippen LogP contribution in [-0.2, 0) is 5.41 Å². The van der Waals surface area contributed by atoms with Crippen molar-refractivity contribution in [3.05, 3.63) is 193 Å². The lowest BCUT2D eigenvalue weighted by Crippen LogP contribution is -2.22. The van der Waals surface area contributed by atoms with E-state index in [1.54, 1.807) is 0 Å². The van der Waals surface area contributed by atoms with Crippen molar-refractivity contribution in [1.29, 1.82) is 0 Å². The second kappa shape index (κ2) is 11.7. The molecule has 0 aliphatic heterocycles. The predicted octanol–water partition coefficient (Wildman–Crippen LogP) is 12.8. The molecule has 240 valence electrons. The second-order valence-corrected chi connectivity index (χ2v) is 14.5. The molecule has 1 unspecified atom stereocenters. The number of hydrogen-bond donors (Lipinski definition) is 0. The summed E-state index contributed by atoms with van der Waals surface area (Å²) in [6.07, 6.45) is 0. The van der Waals surface area contributed by atoms with Crippen molar-refractivity contribution in [2.24, 2.45) is 0 Å². The molecule has 1 atom stereocenters. The number of fused-ring (bicyclic) bond motifs is 6. The maximum atomic E-state index is 5.31. The number of thiophene rings is 1. The van der Waals surface area contributed by atoms with Gasteiger partial charge >= 0.3 is 0 Å². The van der Waals surface area contributed by atoms with E-state index in [1.807, 2.05) is 17.4 Å². The van der Waals surface area contributed by atoms with E-state index in [9.17, 15) is 0 Å². The minimum Gasteiger partial charge on any atom is -0.228 e. The van der Waals surface area contributed by atoms with Crippen LogP contribution in [0.1, 0.15) is 23.6 Å². The Morgan fingerprint density at radius 1 is 0.451 bits per heavy atom. The molecule has 9 aromatic rings. The highest BCUT2D eigenvalue weighted by Gasteiger charge is 2.41. The normalized spacial score (nSPS) is 14.8. The zero-order chi connectivity index (χ0) is 33.9. The van der Waals surface area contributed by atoms with Gasteiger partial charge in [-0.05, 0) is 58.0 Å². The quantitative estimate of drug-likeness (QED) is 0.182. The topological polar surface area (TPSA) is 25.8 Å². The Morgan fingerprint density at radius 2 is 1.02 bits per heavy atom. The smallest absolute Gasteiger partial charge is 0.160 e. The maximum absolute atomic E-state index is 5.31. The highest BCUT2D eigenvalue weighted by molar-refractivity contribution is 7.26. The van der Waals surface area contributed by atoms with Crippen LogP contribution in [-0.4, -0.2) is 9.97 Å². The minimum atomic E-state index is -0.274. The number of nitrogens with zero attached hydrogens (tertiary/aromatic N) is 2. The summed E-state index contributed by atoms with van der Waals surface area (Å²) >= 11 is 1.83. The van der Waals surface area contributed by atoms with Crippen molar-refractivity contribution in [1.82, 2.24) is 9.97 Å². The molecule has 0 spiro atoms. The van der Waals surface area contributed by atoms with Gasteiger partial charge in [-0.2, -0.15) is 0 Å². The molecule has 2 nitrogen and oxygen atoms in total. The van der Waals surface area contributed by atoms with Crippen LogP contribution >= 0.6 is 11.3 Å². The van der Waals surface area contributed by atoms with Crippen LogP contribution < -0.4 is 0 Å². The van der Waals surface area contributed by atoms with E-state index in [0.717, 1.165) is 39.5 Å². The Labute approximate surface area is 301 Å². The Morgan fingerprint density at radius 3 is 1.84 bits per heavy atom. The van der Waals surface area contributed by atoms with Gasteiger partial charge in [-0.1, -0.05) is 164 Å². The van der Waals surface area contributed by atoms with Crippen LogP contribution in [0.5, 0.6) is 0 Å². The summed E-state index contributed by atoms with van der Waals surface area (Å²) in [5.74, 6) is 0.719. The molecule has 1 aliphatic rings. The molecule has 51 heavy (non-hydrogen) atoms. The van der Waals surface area contributed by atoms with Crippen molar-refractivity contribution in [2.45, 2.75) is 12.3 Å². The summed E-state index contributed by atoms with van der Waals surface area (Å²) in [7, 11) is 0. The molecule has 0 bridgehead atoms. The van der Waals surface area contributed by atoms with Gasteiger partial charge in [0, 0.05) is 42.3 Å². The van der Waals surface area contributed by atoms with Gasteiger partial charge in [-0.25, -0.2) is 9.97 Å². The van der Waals surface area contributed by atoms with Gasteiger partial charge in [0.15, 0.2) is 5.82 Å². The lowest BCUT2D eigenvalue weighted by Gasteiger charge is -2.28. The largest absolute Gasteiger partial charge is 0.228 e. The number of aromatic nitrogens is 2. The van der Waals surface area contributed by atoms with E-state index in [0.29, 0.717) is 0 Å². The fourth-order valence-corrected chi connectivity index (χ4v) is 9.40. The standard InChI is InChI=1S/C48H32N2S/c1-48(32-18-6-3-7-19-32)40-27-12-10-23-38(40)45-36(24-15-28-41(45)48)33-20-8-9-21-34(33)42-30-43(50-47(49-42)31-16-4-2-5-17-31)39-26-14-25-37-35-22-11-13-29-44(35)51-46(37)39/h2-30H,1H3. The Balaban J connectivity index is 1.22. The summed E-state index contributed by atoms with van der Waals surface area (Å²) in [5.41, 5.74) is 13.7. The van der Waals surface area contributed by atoms with Crippen LogP contribution in [0.4, 0.5) is 0 Å². The molecule has 7 aromatic carbocycles. The van der Waals surface area contributed by atoms with Crippen LogP contribution in [0.25, 0.3) is 76.3 Å². The van der Waals surface area contributed by atoms with Crippen LogP contribution in [0.3, 0.4) is 0 Å². The van der Waals surface area contributed by atoms with E-state index in [2.05, 4.69) is 177 Å². The first-order chi connectivity index (χ1) is 25.2. The van der Waals surface area contributed by atoms with Gasteiger partial charge in [0.1, 0.15) is 0 Å². The number of rotatable bonds is 5. The molecular formula is C48H32N2S. The van der Waals surface area contributed by atoms with Gasteiger partial charge in [-0.3, -0.25) is 0 Å². The molecule has 0 N–H and O–H groups in total. The molecular weight excluding hydrogens is 637 g/mol. The third kappa shape index (κ3) is 4.62. The first-order valence-electron chi connectivity index (χ1n) is 17.4. The van der Waals surface area contributed by atoms with Crippen molar-refractivity contribution in [3.63, 3.8) is 0 Å². The summed E-state index contributed by atoms with van der Waals surface area (Å²) in [5, 5.41) is 2.54. The SMILES string of the molecule is CC1(c2ccccc2)c2ccccc2-c2c(-c3ccccc3-c3cc(-c4cccc5c4sc4ccccc45)nc(-c4ccccc4)n3)cccc21. The molecule has 0 amide bonds. The van der Waals surface area contributed by atoms with Crippen molar-refractivity contribution in [2.75, 3.05) is 0 Å². The molecule has 1 aliphatic carbocycles. The molecule has 2 aromatic heterocycles. The first kappa shape index (κ1) is 29.7. The molecule has 10 rings (SSSR count). The Hall–Kier alpha value is -6.16. The second-order valence-electron chi connectivity index (χ2n) is 13.4. The summed E-state index contributed by atoms with van der Waals surface area (Å²) in [6, 6.07) is 63.2. The van der Waals surface area contributed by atoms with E-state index < -0.39 is 0 Å². The van der Waals surface area contributed by atoms with Crippen LogP contribution in [0.15, 0.2) is 176 Å². The average molecular weight is 669 g/mol. The maximum Gasteiger partial charge on any atom is 0.160 e. The van der Waals surface area contributed by atoms with Gasteiger partial charge in [0.25, 0.3) is 0 Å². The molecule has 0 radical (unpaired) electrons. The monoisotopic (exact) mass is 668 g/mol.